The highest BCUT2D eigenvalue weighted by molar-refractivity contribution is 4.70. The summed E-state index contributed by atoms with van der Waals surface area (Å²) in [5.74, 6) is 1.81. The molecule has 1 rings (SSSR count). The van der Waals surface area contributed by atoms with Gasteiger partial charge >= 0.3 is 0 Å². The zero-order valence-corrected chi connectivity index (χ0v) is 10.8. The van der Waals surface area contributed by atoms with Crippen LogP contribution in [0, 0.1) is 11.8 Å². The molecule has 0 aromatic heterocycles. The van der Waals surface area contributed by atoms with E-state index in [0.29, 0.717) is 0 Å². The molecule has 2 heteroatoms. The summed E-state index contributed by atoms with van der Waals surface area (Å²) in [6.07, 6.45) is 5.50. The van der Waals surface area contributed by atoms with E-state index in [2.05, 4.69) is 31.1 Å². The first-order valence-corrected chi connectivity index (χ1v) is 6.57. The van der Waals surface area contributed by atoms with Crippen molar-refractivity contribution in [3.63, 3.8) is 0 Å². The van der Waals surface area contributed by atoms with Gasteiger partial charge in [-0.2, -0.15) is 0 Å². The second-order valence-electron chi connectivity index (χ2n) is 5.47. The Kier molecular flexibility index (Phi) is 6.26. The molecule has 0 amide bonds. The zero-order valence-electron chi connectivity index (χ0n) is 10.8. The molecule has 1 aliphatic heterocycles. The molecule has 1 N–H and O–H groups in total. The van der Waals surface area contributed by atoms with Crippen LogP contribution in [0.5, 0.6) is 0 Å². The van der Waals surface area contributed by atoms with Crippen LogP contribution in [0.15, 0.2) is 0 Å². The van der Waals surface area contributed by atoms with Crippen LogP contribution in [0.25, 0.3) is 0 Å². The maximum Gasteiger partial charge on any atom is -0.00191 e. The zero-order chi connectivity index (χ0) is 11.1. The van der Waals surface area contributed by atoms with Gasteiger partial charge in [0.2, 0.25) is 0 Å². The van der Waals surface area contributed by atoms with Crippen molar-refractivity contribution in [2.24, 2.45) is 11.8 Å². The summed E-state index contributed by atoms with van der Waals surface area (Å²) in [5, 5.41) is 3.56. The van der Waals surface area contributed by atoms with Gasteiger partial charge in [0.15, 0.2) is 0 Å². The molecule has 15 heavy (non-hydrogen) atoms. The lowest BCUT2D eigenvalue weighted by molar-refractivity contribution is 0.211. The van der Waals surface area contributed by atoms with E-state index in [1.54, 1.807) is 0 Å². The first-order valence-electron chi connectivity index (χ1n) is 6.57. The molecule has 0 atom stereocenters. The van der Waals surface area contributed by atoms with Crippen LogP contribution in [0.4, 0.5) is 0 Å². The van der Waals surface area contributed by atoms with E-state index in [9.17, 15) is 0 Å². The van der Waals surface area contributed by atoms with E-state index >= 15 is 0 Å². The molecule has 2 nitrogen and oxygen atoms in total. The third kappa shape index (κ3) is 6.16. The number of nitrogens with one attached hydrogen (secondary N) is 1. The van der Waals surface area contributed by atoms with E-state index in [-0.39, 0.29) is 0 Å². The van der Waals surface area contributed by atoms with Gasteiger partial charge in [0, 0.05) is 0 Å². The highest BCUT2D eigenvalue weighted by Crippen LogP contribution is 2.18. The number of likely N-dealkylation sites (tertiary alicyclic amines) is 1. The summed E-state index contributed by atoms with van der Waals surface area (Å²) in [4.78, 5) is 2.45. The minimum absolute atomic E-state index is 0.834. The van der Waals surface area contributed by atoms with Gasteiger partial charge in [-0.25, -0.2) is 0 Å². The summed E-state index contributed by atoms with van der Waals surface area (Å²) < 4.78 is 0. The molecule has 0 unspecified atom stereocenters. The molecular formula is C13H28N2. The van der Waals surface area contributed by atoms with Crippen molar-refractivity contribution in [2.75, 3.05) is 33.2 Å². The Morgan fingerprint density at radius 3 is 2.47 bits per heavy atom. The fourth-order valence-electron chi connectivity index (χ4n) is 2.17. The van der Waals surface area contributed by atoms with Crippen LogP contribution in [-0.4, -0.2) is 38.1 Å². The Labute approximate surface area is 95.4 Å². The van der Waals surface area contributed by atoms with Crippen LogP contribution < -0.4 is 5.32 Å². The fourth-order valence-corrected chi connectivity index (χ4v) is 2.17. The molecule has 1 fully saturated rings. The van der Waals surface area contributed by atoms with Gasteiger partial charge in [0.1, 0.15) is 0 Å². The highest BCUT2D eigenvalue weighted by Gasteiger charge is 2.15. The summed E-state index contributed by atoms with van der Waals surface area (Å²) in [7, 11) is 2.23. The van der Waals surface area contributed by atoms with Crippen LogP contribution >= 0.6 is 0 Å². The highest BCUT2D eigenvalue weighted by atomic mass is 15.1. The lowest BCUT2D eigenvalue weighted by atomic mass is 9.94. The molecule has 0 aliphatic carbocycles. The van der Waals surface area contributed by atoms with Gasteiger partial charge in [-0.15, -0.1) is 0 Å². The van der Waals surface area contributed by atoms with Crippen LogP contribution in [-0.2, 0) is 0 Å². The smallest absolute Gasteiger partial charge is 0.00191 e. The second-order valence-corrected chi connectivity index (χ2v) is 5.47. The van der Waals surface area contributed by atoms with E-state index in [1.165, 1.54) is 51.9 Å². The minimum atomic E-state index is 0.834. The largest absolute Gasteiger partial charge is 0.317 e. The van der Waals surface area contributed by atoms with E-state index in [0.717, 1.165) is 11.8 Å². The van der Waals surface area contributed by atoms with Crippen LogP contribution in [0.2, 0.25) is 0 Å². The van der Waals surface area contributed by atoms with Crippen molar-refractivity contribution in [1.82, 2.24) is 10.2 Å². The lowest BCUT2D eigenvalue weighted by Gasteiger charge is -2.28. The van der Waals surface area contributed by atoms with Crippen molar-refractivity contribution < 1.29 is 0 Å². The molecule has 1 heterocycles. The van der Waals surface area contributed by atoms with Crippen molar-refractivity contribution in [2.45, 2.75) is 39.5 Å². The number of piperidine rings is 1. The van der Waals surface area contributed by atoms with Crippen molar-refractivity contribution in [3.8, 4) is 0 Å². The fraction of sp³-hybridized carbons (Fsp3) is 1.00. The van der Waals surface area contributed by atoms with Crippen molar-refractivity contribution >= 4 is 0 Å². The maximum absolute atomic E-state index is 3.56. The maximum atomic E-state index is 3.56. The SMILES string of the molecule is CC(C)CCNCCC1CCN(C)CC1. The monoisotopic (exact) mass is 212 g/mol. The summed E-state index contributed by atoms with van der Waals surface area (Å²) in [6, 6.07) is 0. The number of hydrogen-bond donors (Lipinski definition) is 1. The lowest BCUT2D eigenvalue weighted by Crippen LogP contribution is -2.31. The quantitative estimate of drug-likeness (QED) is 0.680. The Bertz CT molecular complexity index is 149. The third-order valence-corrected chi connectivity index (χ3v) is 3.47. The minimum Gasteiger partial charge on any atom is -0.317 e. The molecule has 0 bridgehead atoms. The summed E-state index contributed by atoms with van der Waals surface area (Å²) in [6.45, 7) is 9.61. The van der Waals surface area contributed by atoms with Crippen molar-refractivity contribution in [1.29, 1.82) is 0 Å². The molecule has 90 valence electrons. The van der Waals surface area contributed by atoms with Gasteiger partial charge in [0.05, 0.1) is 0 Å². The average Bonchev–Trinajstić information content (AvgIpc) is 2.20. The molecule has 0 radical (unpaired) electrons. The third-order valence-electron chi connectivity index (χ3n) is 3.47. The van der Waals surface area contributed by atoms with Crippen molar-refractivity contribution in [3.05, 3.63) is 0 Å². The first kappa shape index (κ1) is 13.0. The van der Waals surface area contributed by atoms with Crippen LogP contribution in [0.1, 0.15) is 39.5 Å². The molecule has 0 spiro atoms. The van der Waals surface area contributed by atoms with Gasteiger partial charge in [0.25, 0.3) is 0 Å². The molecule has 1 saturated heterocycles. The molecule has 0 aromatic rings. The number of nitrogens with zero attached hydrogens (tertiary/aromatic N) is 1. The Morgan fingerprint density at radius 2 is 1.87 bits per heavy atom. The normalized spacial score (nSPS) is 20.0. The van der Waals surface area contributed by atoms with Gasteiger partial charge in [-0.3, -0.25) is 0 Å². The molecular weight excluding hydrogens is 184 g/mol. The Balaban J connectivity index is 1.91. The van der Waals surface area contributed by atoms with Gasteiger partial charge in [-0.05, 0) is 70.7 Å². The second kappa shape index (κ2) is 7.24. The Morgan fingerprint density at radius 1 is 1.20 bits per heavy atom. The predicted octanol–water partition coefficient (Wildman–Crippen LogP) is 2.35. The molecule has 0 saturated carbocycles. The van der Waals surface area contributed by atoms with E-state index in [1.807, 2.05) is 0 Å². The standard InChI is InChI=1S/C13H28N2/c1-12(2)4-8-14-9-5-13-6-10-15(3)11-7-13/h12-14H,4-11H2,1-3H3. The predicted molar refractivity (Wildman–Crippen MR) is 67.2 cm³/mol. The summed E-state index contributed by atoms with van der Waals surface area (Å²) >= 11 is 0. The van der Waals surface area contributed by atoms with Crippen LogP contribution in [0.3, 0.4) is 0 Å². The van der Waals surface area contributed by atoms with Gasteiger partial charge < -0.3 is 10.2 Å². The average molecular weight is 212 g/mol. The summed E-state index contributed by atoms with van der Waals surface area (Å²) in [5.41, 5.74) is 0. The number of rotatable bonds is 6. The molecule has 0 aromatic carbocycles. The Hall–Kier alpha value is -0.0800. The first-order chi connectivity index (χ1) is 7.18. The number of hydrogen-bond acceptors (Lipinski definition) is 2. The molecule has 1 aliphatic rings. The van der Waals surface area contributed by atoms with E-state index < -0.39 is 0 Å². The van der Waals surface area contributed by atoms with Gasteiger partial charge in [-0.1, -0.05) is 13.8 Å². The topological polar surface area (TPSA) is 15.3 Å². The van der Waals surface area contributed by atoms with E-state index in [4.69, 9.17) is 0 Å².